The van der Waals surface area contributed by atoms with E-state index in [1.807, 2.05) is 24.3 Å². The Balaban J connectivity index is 2.52. The Hall–Kier alpha value is -0.870. The van der Waals surface area contributed by atoms with Crippen LogP contribution >= 0.6 is 28.1 Å². The largest absolute Gasteiger partial charge is 0.437 e. The van der Waals surface area contributed by atoms with E-state index in [0.717, 1.165) is 15.7 Å². The molecule has 0 aliphatic rings. The lowest BCUT2D eigenvalue weighted by atomic mass is 10.2. The van der Waals surface area contributed by atoms with Crippen LogP contribution in [-0.4, -0.2) is 4.98 Å². The lowest BCUT2D eigenvalue weighted by Gasteiger charge is -1.95. The number of aromatic nitrogens is 1. The van der Waals surface area contributed by atoms with Crippen LogP contribution in [0.25, 0.3) is 11.3 Å². The van der Waals surface area contributed by atoms with Crippen molar-refractivity contribution >= 4 is 28.1 Å². The molecule has 0 saturated heterocycles. The molecule has 2 rings (SSSR count). The molecule has 0 aliphatic carbocycles. The molecule has 0 spiro atoms. The smallest absolute Gasteiger partial charge is 0.266 e. The molecular weight excluding hydrogens is 250 g/mol. The van der Waals surface area contributed by atoms with Crippen molar-refractivity contribution in [3.8, 4) is 11.3 Å². The summed E-state index contributed by atoms with van der Waals surface area (Å²) in [5, 5.41) is 0. The van der Waals surface area contributed by atoms with Crippen molar-refractivity contribution in [1.82, 2.24) is 4.98 Å². The van der Waals surface area contributed by atoms with Gasteiger partial charge in [-0.1, -0.05) is 28.1 Å². The number of rotatable bonds is 1. The number of benzene rings is 1. The molecule has 0 fully saturated rings. The van der Waals surface area contributed by atoms with Gasteiger partial charge in [0.2, 0.25) is 0 Å². The van der Waals surface area contributed by atoms with Crippen molar-refractivity contribution in [2.45, 2.75) is 0 Å². The normalized spacial score (nSPS) is 10.2. The van der Waals surface area contributed by atoms with Gasteiger partial charge in [-0.15, -0.1) is 0 Å². The number of aromatic amines is 1. The predicted octanol–water partition coefficient (Wildman–Crippen LogP) is 3.77. The molecule has 2 aromatic rings. The zero-order valence-electron chi connectivity index (χ0n) is 6.58. The molecule has 13 heavy (non-hydrogen) atoms. The number of nitrogens with one attached hydrogen (secondary N) is 1. The monoisotopic (exact) mass is 255 g/mol. The zero-order chi connectivity index (χ0) is 9.26. The van der Waals surface area contributed by atoms with Crippen LogP contribution in [0.15, 0.2) is 39.4 Å². The first-order valence-corrected chi connectivity index (χ1v) is 4.89. The van der Waals surface area contributed by atoms with Gasteiger partial charge in [-0.05, 0) is 24.4 Å². The first-order chi connectivity index (χ1) is 6.25. The average Bonchev–Trinajstić information content (AvgIpc) is 2.52. The maximum absolute atomic E-state index is 5.00. The summed E-state index contributed by atoms with van der Waals surface area (Å²) < 4.78 is 6.04. The van der Waals surface area contributed by atoms with Gasteiger partial charge in [-0.2, -0.15) is 0 Å². The molecule has 1 aromatic carbocycles. The van der Waals surface area contributed by atoms with E-state index in [-0.39, 0.29) is 0 Å². The maximum Gasteiger partial charge on any atom is 0.266 e. The Bertz CT molecular complexity index is 474. The van der Waals surface area contributed by atoms with Gasteiger partial charge in [0.05, 0.1) is 5.69 Å². The topological polar surface area (TPSA) is 28.9 Å². The van der Waals surface area contributed by atoms with Crippen LogP contribution in [0.1, 0.15) is 0 Å². The van der Waals surface area contributed by atoms with Gasteiger partial charge in [0.25, 0.3) is 4.84 Å². The SMILES string of the molecule is S=c1[nH]c(-c2cccc(Br)c2)co1. The van der Waals surface area contributed by atoms with Gasteiger partial charge in [0.15, 0.2) is 0 Å². The second-order valence-corrected chi connectivity index (χ2v) is 3.86. The van der Waals surface area contributed by atoms with Crippen LogP contribution in [0.2, 0.25) is 0 Å². The summed E-state index contributed by atoms with van der Waals surface area (Å²) >= 11 is 8.23. The number of hydrogen-bond donors (Lipinski definition) is 1. The fourth-order valence-corrected chi connectivity index (χ4v) is 1.63. The van der Waals surface area contributed by atoms with Crippen molar-refractivity contribution < 1.29 is 4.42 Å². The molecule has 1 N–H and O–H groups in total. The highest BCUT2D eigenvalue weighted by atomic mass is 79.9. The Morgan fingerprint density at radius 2 is 2.23 bits per heavy atom. The van der Waals surface area contributed by atoms with E-state index < -0.39 is 0 Å². The zero-order valence-corrected chi connectivity index (χ0v) is 8.98. The van der Waals surface area contributed by atoms with E-state index in [0.29, 0.717) is 4.84 Å². The van der Waals surface area contributed by atoms with Gasteiger partial charge in [0, 0.05) is 10.0 Å². The van der Waals surface area contributed by atoms with E-state index >= 15 is 0 Å². The fourth-order valence-electron chi connectivity index (χ4n) is 1.08. The van der Waals surface area contributed by atoms with Crippen molar-refractivity contribution in [2.75, 3.05) is 0 Å². The minimum Gasteiger partial charge on any atom is -0.437 e. The van der Waals surface area contributed by atoms with Crippen molar-refractivity contribution in [3.63, 3.8) is 0 Å². The van der Waals surface area contributed by atoms with E-state index in [1.54, 1.807) is 6.26 Å². The summed E-state index contributed by atoms with van der Waals surface area (Å²) in [5.74, 6) is 0. The summed E-state index contributed by atoms with van der Waals surface area (Å²) in [6.45, 7) is 0. The minimum atomic E-state index is 0.398. The van der Waals surface area contributed by atoms with Crippen LogP contribution in [0.4, 0.5) is 0 Å². The second kappa shape index (κ2) is 3.47. The van der Waals surface area contributed by atoms with Gasteiger partial charge >= 0.3 is 0 Å². The lowest BCUT2D eigenvalue weighted by molar-refractivity contribution is 0.541. The molecule has 0 bridgehead atoms. The third-order valence-corrected chi connectivity index (χ3v) is 2.35. The molecule has 0 unspecified atom stereocenters. The number of halogens is 1. The molecule has 0 amide bonds. The molecule has 0 aliphatic heterocycles. The van der Waals surface area contributed by atoms with E-state index in [9.17, 15) is 0 Å². The molecule has 0 radical (unpaired) electrons. The summed E-state index contributed by atoms with van der Waals surface area (Å²) in [6.07, 6.45) is 1.62. The van der Waals surface area contributed by atoms with Crippen LogP contribution in [-0.2, 0) is 0 Å². The summed E-state index contributed by atoms with van der Waals surface area (Å²) in [5.41, 5.74) is 1.94. The van der Waals surface area contributed by atoms with E-state index in [2.05, 4.69) is 20.9 Å². The van der Waals surface area contributed by atoms with Crippen LogP contribution in [0.3, 0.4) is 0 Å². The Morgan fingerprint density at radius 3 is 2.85 bits per heavy atom. The molecule has 1 heterocycles. The highest BCUT2D eigenvalue weighted by Crippen LogP contribution is 2.21. The summed E-state index contributed by atoms with van der Waals surface area (Å²) in [4.78, 5) is 3.34. The number of hydrogen-bond acceptors (Lipinski definition) is 2. The Morgan fingerprint density at radius 1 is 1.38 bits per heavy atom. The molecule has 1 aromatic heterocycles. The van der Waals surface area contributed by atoms with Crippen molar-refractivity contribution in [3.05, 3.63) is 39.8 Å². The first kappa shape index (κ1) is 8.72. The minimum absolute atomic E-state index is 0.398. The van der Waals surface area contributed by atoms with Crippen molar-refractivity contribution in [1.29, 1.82) is 0 Å². The summed E-state index contributed by atoms with van der Waals surface area (Å²) in [6, 6.07) is 7.92. The second-order valence-electron chi connectivity index (χ2n) is 2.57. The Kier molecular flexibility index (Phi) is 2.33. The molecule has 2 nitrogen and oxygen atoms in total. The van der Waals surface area contributed by atoms with Crippen LogP contribution < -0.4 is 0 Å². The molecule has 4 heteroatoms. The molecule has 66 valence electrons. The molecular formula is C9H6BrNOS. The quantitative estimate of drug-likeness (QED) is 0.787. The van der Waals surface area contributed by atoms with Gasteiger partial charge in [-0.3, -0.25) is 0 Å². The van der Waals surface area contributed by atoms with E-state index in [4.69, 9.17) is 16.6 Å². The lowest BCUT2D eigenvalue weighted by Crippen LogP contribution is -1.76. The average molecular weight is 256 g/mol. The highest BCUT2D eigenvalue weighted by molar-refractivity contribution is 9.10. The van der Waals surface area contributed by atoms with Crippen LogP contribution in [0, 0.1) is 4.84 Å². The summed E-state index contributed by atoms with van der Waals surface area (Å²) in [7, 11) is 0. The standard InChI is InChI=1S/C9H6BrNOS/c10-7-3-1-2-6(4-7)8-5-12-9(13)11-8/h1-5H,(H,11,13). The van der Waals surface area contributed by atoms with Gasteiger partial charge in [-0.25, -0.2) is 0 Å². The third kappa shape index (κ3) is 1.89. The van der Waals surface area contributed by atoms with Gasteiger partial charge < -0.3 is 9.40 Å². The maximum atomic E-state index is 5.00. The third-order valence-electron chi connectivity index (χ3n) is 1.66. The predicted molar refractivity (Wildman–Crippen MR) is 57.0 cm³/mol. The number of oxazole rings is 1. The first-order valence-electron chi connectivity index (χ1n) is 3.69. The molecule has 0 saturated carbocycles. The van der Waals surface area contributed by atoms with E-state index in [1.165, 1.54) is 0 Å². The Labute approximate surface area is 88.7 Å². The van der Waals surface area contributed by atoms with Gasteiger partial charge in [0.1, 0.15) is 6.26 Å². The number of H-pyrrole nitrogens is 1. The van der Waals surface area contributed by atoms with Crippen LogP contribution in [0.5, 0.6) is 0 Å². The van der Waals surface area contributed by atoms with Crippen molar-refractivity contribution in [2.24, 2.45) is 0 Å². The fraction of sp³-hybridized carbons (Fsp3) is 0. The highest BCUT2D eigenvalue weighted by Gasteiger charge is 1.99. The molecule has 0 atom stereocenters.